The predicted molar refractivity (Wildman–Crippen MR) is 79.1 cm³/mol. The third kappa shape index (κ3) is 4.07. The van der Waals surface area contributed by atoms with E-state index in [1.54, 1.807) is 0 Å². The predicted octanol–water partition coefficient (Wildman–Crippen LogP) is 2.60. The van der Waals surface area contributed by atoms with Crippen LogP contribution in [0.4, 0.5) is 0 Å². The normalized spacial score (nSPS) is 13.0. The van der Waals surface area contributed by atoms with Gasteiger partial charge in [-0.15, -0.1) is 0 Å². The summed E-state index contributed by atoms with van der Waals surface area (Å²) in [4.78, 5) is 0.122. The van der Waals surface area contributed by atoms with Crippen molar-refractivity contribution in [2.45, 2.75) is 18.7 Å². The molecule has 0 saturated carbocycles. The summed E-state index contributed by atoms with van der Waals surface area (Å²) >= 11 is 11.6. The molecule has 108 valence electrons. The number of benzene rings is 1. The van der Waals surface area contributed by atoms with Gasteiger partial charge in [0.05, 0.1) is 14.9 Å². The molecule has 0 radical (unpaired) electrons. The lowest BCUT2D eigenvalue weighted by Gasteiger charge is -2.28. The van der Waals surface area contributed by atoms with Gasteiger partial charge in [-0.1, -0.05) is 37.0 Å². The summed E-state index contributed by atoms with van der Waals surface area (Å²) in [7, 11) is -2.06. The standard InChI is InChI=1S/C12H18Cl2N2O2S/c1-12(2,7-15)8-16(3)19(17,18)9-4-5-10(13)11(14)6-9/h4-6H,7-8,15H2,1-3H3. The second-order valence-electron chi connectivity index (χ2n) is 5.21. The van der Waals surface area contributed by atoms with Crippen LogP contribution in [0.3, 0.4) is 0 Å². The Labute approximate surface area is 124 Å². The molecule has 0 fully saturated rings. The van der Waals surface area contributed by atoms with Crippen molar-refractivity contribution in [1.82, 2.24) is 4.31 Å². The zero-order chi connectivity index (χ0) is 14.8. The van der Waals surface area contributed by atoms with Crippen LogP contribution in [0.15, 0.2) is 23.1 Å². The lowest BCUT2D eigenvalue weighted by molar-refractivity contribution is 0.292. The molecule has 0 atom stereocenters. The van der Waals surface area contributed by atoms with E-state index in [2.05, 4.69) is 0 Å². The van der Waals surface area contributed by atoms with Gasteiger partial charge in [-0.05, 0) is 30.2 Å². The first-order valence-corrected chi connectivity index (χ1v) is 7.91. The van der Waals surface area contributed by atoms with Gasteiger partial charge in [0.25, 0.3) is 0 Å². The molecular weight excluding hydrogens is 307 g/mol. The molecule has 0 amide bonds. The molecular formula is C12H18Cl2N2O2S. The van der Waals surface area contributed by atoms with Crippen molar-refractivity contribution < 1.29 is 8.42 Å². The number of sulfonamides is 1. The minimum atomic E-state index is -3.59. The fourth-order valence-electron chi connectivity index (χ4n) is 1.57. The van der Waals surface area contributed by atoms with Crippen LogP contribution in [0.2, 0.25) is 10.0 Å². The van der Waals surface area contributed by atoms with Gasteiger partial charge in [0.1, 0.15) is 0 Å². The van der Waals surface area contributed by atoms with Gasteiger partial charge in [-0.25, -0.2) is 12.7 Å². The van der Waals surface area contributed by atoms with Crippen molar-refractivity contribution in [1.29, 1.82) is 0 Å². The van der Waals surface area contributed by atoms with Crippen LogP contribution >= 0.6 is 23.2 Å². The van der Waals surface area contributed by atoms with E-state index in [4.69, 9.17) is 28.9 Å². The monoisotopic (exact) mass is 324 g/mol. The first-order valence-electron chi connectivity index (χ1n) is 5.71. The Kier molecular flexibility index (Phi) is 5.26. The summed E-state index contributed by atoms with van der Waals surface area (Å²) in [6.45, 7) is 4.54. The van der Waals surface area contributed by atoms with E-state index in [0.29, 0.717) is 18.1 Å². The SMILES string of the molecule is CN(CC(C)(C)CN)S(=O)(=O)c1ccc(Cl)c(Cl)c1. The fourth-order valence-corrected chi connectivity index (χ4v) is 3.32. The van der Waals surface area contributed by atoms with Gasteiger partial charge in [0, 0.05) is 13.6 Å². The summed E-state index contributed by atoms with van der Waals surface area (Å²) in [5, 5.41) is 0.541. The molecule has 1 aromatic carbocycles. The maximum Gasteiger partial charge on any atom is 0.242 e. The number of rotatable bonds is 5. The Morgan fingerprint density at radius 2 is 1.84 bits per heavy atom. The molecule has 0 saturated heterocycles. The molecule has 0 heterocycles. The molecule has 2 N–H and O–H groups in total. The van der Waals surface area contributed by atoms with Crippen molar-refractivity contribution in [3.05, 3.63) is 28.2 Å². The summed E-state index contributed by atoms with van der Waals surface area (Å²) in [5.74, 6) is 0. The zero-order valence-corrected chi connectivity index (χ0v) is 13.5. The Morgan fingerprint density at radius 3 is 2.32 bits per heavy atom. The lowest BCUT2D eigenvalue weighted by atomic mass is 9.94. The van der Waals surface area contributed by atoms with Gasteiger partial charge in [0.15, 0.2) is 0 Å². The van der Waals surface area contributed by atoms with Crippen molar-refractivity contribution in [2.75, 3.05) is 20.1 Å². The molecule has 1 rings (SSSR count). The van der Waals surface area contributed by atoms with Gasteiger partial charge in [0.2, 0.25) is 10.0 Å². The summed E-state index contributed by atoms with van der Waals surface area (Å²) in [6, 6.07) is 4.26. The van der Waals surface area contributed by atoms with Crippen LogP contribution in [0.1, 0.15) is 13.8 Å². The highest BCUT2D eigenvalue weighted by Gasteiger charge is 2.27. The molecule has 7 heteroatoms. The average molecular weight is 325 g/mol. The Hall–Kier alpha value is -0.330. The van der Waals surface area contributed by atoms with E-state index in [-0.39, 0.29) is 15.3 Å². The first kappa shape index (κ1) is 16.7. The van der Waals surface area contributed by atoms with Gasteiger partial charge in [-0.2, -0.15) is 0 Å². The van der Waals surface area contributed by atoms with E-state index in [1.165, 1.54) is 29.6 Å². The quantitative estimate of drug-likeness (QED) is 0.905. The van der Waals surface area contributed by atoms with E-state index >= 15 is 0 Å². The third-order valence-electron chi connectivity index (χ3n) is 2.80. The number of nitrogens with zero attached hydrogens (tertiary/aromatic N) is 1. The summed E-state index contributed by atoms with van der Waals surface area (Å²) < 4.78 is 26.0. The Morgan fingerprint density at radius 1 is 1.26 bits per heavy atom. The first-order chi connectivity index (χ1) is 8.60. The van der Waals surface area contributed by atoms with Gasteiger partial charge >= 0.3 is 0 Å². The van der Waals surface area contributed by atoms with E-state index < -0.39 is 10.0 Å². The minimum Gasteiger partial charge on any atom is -0.330 e. The largest absolute Gasteiger partial charge is 0.330 e. The zero-order valence-electron chi connectivity index (χ0n) is 11.2. The van der Waals surface area contributed by atoms with Crippen molar-refractivity contribution in [3.8, 4) is 0 Å². The smallest absolute Gasteiger partial charge is 0.242 e. The molecule has 4 nitrogen and oxygen atoms in total. The van der Waals surface area contributed by atoms with Crippen LogP contribution < -0.4 is 5.73 Å². The topological polar surface area (TPSA) is 63.4 Å². The second-order valence-corrected chi connectivity index (χ2v) is 8.06. The minimum absolute atomic E-state index is 0.122. The van der Waals surface area contributed by atoms with E-state index in [9.17, 15) is 8.42 Å². The average Bonchev–Trinajstić information content (AvgIpc) is 2.32. The molecule has 1 aromatic rings. The highest BCUT2D eigenvalue weighted by molar-refractivity contribution is 7.89. The number of halogens is 2. The molecule has 0 aliphatic rings. The van der Waals surface area contributed by atoms with E-state index in [1.807, 2.05) is 13.8 Å². The molecule has 19 heavy (non-hydrogen) atoms. The Bertz CT molecular complexity index is 559. The lowest BCUT2D eigenvalue weighted by Crippen LogP contribution is -2.39. The molecule has 0 unspecified atom stereocenters. The van der Waals surface area contributed by atoms with Crippen LogP contribution in [0, 0.1) is 5.41 Å². The number of hydrogen-bond acceptors (Lipinski definition) is 3. The van der Waals surface area contributed by atoms with E-state index in [0.717, 1.165) is 0 Å². The number of hydrogen-bond donors (Lipinski definition) is 1. The van der Waals surface area contributed by atoms with Crippen LogP contribution in [-0.2, 0) is 10.0 Å². The summed E-state index contributed by atoms with van der Waals surface area (Å²) in [6.07, 6.45) is 0. The molecule has 0 aromatic heterocycles. The van der Waals surface area contributed by atoms with Crippen molar-refractivity contribution >= 4 is 33.2 Å². The van der Waals surface area contributed by atoms with Crippen molar-refractivity contribution in [3.63, 3.8) is 0 Å². The second kappa shape index (κ2) is 5.97. The molecule has 0 bridgehead atoms. The third-order valence-corrected chi connectivity index (χ3v) is 5.34. The molecule has 0 aliphatic carbocycles. The maximum absolute atomic E-state index is 12.4. The highest BCUT2D eigenvalue weighted by Crippen LogP contribution is 2.27. The van der Waals surface area contributed by atoms with Crippen LogP contribution in [0.5, 0.6) is 0 Å². The van der Waals surface area contributed by atoms with Gasteiger partial charge in [-0.3, -0.25) is 0 Å². The highest BCUT2D eigenvalue weighted by atomic mass is 35.5. The van der Waals surface area contributed by atoms with Crippen molar-refractivity contribution in [2.24, 2.45) is 11.1 Å². The van der Waals surface area contributed by atoms with Gasteiger partial charge < -0.3 is 5.73 Å². The van der Waals surface area contributed by atoms with Crippen LogP contribution in [0.25, 0.3) is 0 Å². The summed E-state index contributed by atoms with van der Waals surface area (Å²) in [5.41, 5.74) is 5.33. The molecule has 0 aliphatic heterocycles. The maximum atomic E-state index is 12.4. The Balaban J connectivity index is 3.06. The molecule has 0 spiro atoms. The fraction of sp³-hybridized carbons (Fsp3) is 0.500. The van der Waals surface area contributed by atoms with Crippen LogP contribution in [-0.4, -0.2) is 32.9 Å². The number of nitrogens with two attached hydrogens (primary N) is 1.